The van der Waals surface area contributed by atoms with Crippen LogP contribution in [0.2, 0.25) is 10.0 Å². The molecule has 0 amide bonds. The van der Waals surface area contributed by atoms with Crippen molar-refractivity contribution in [2.24, 2.45) is 0 Å². The monoisotopic (exact) mass is 325 g/mol. The first kappa shape index (κ1) is 16.1. The lowest BCUT2D eigenvalue weighted by Gasteiger charge is -2.33. The maximum atomic E-state index is 9.69. The maximum Gasteiger partial charge on any atom is 0.0643 e. The number of para-hydroxylation sites is 2. The van der Waals surface area contributed by atoms with Gasteiger partial charge in [-0.1, -0.05) is 47.5 Å². The van der Waals surface area contributed by atoms with Crippen molar-refractivity contribution in [3.05, 3.63) is 58.6 Å². The lowest BCUT2D eigenvalue weighted by Crippen LogP contribution is -2.35. The van der Waals surface area contributed by atoms with Crippen LogP contribution >= 0.6 is 23.2 Å². The molecule has 112 valence electrons. The highest BCUT2D eigenvalue weighted by molar-refractivity contribution is 6.35. The number of halogens is 2. The molecule has 0 spiro atoms. The van der Waals surface area contributed by atoms with E-state index in [2.05, 4.69) is 0 Å². The molecule has 0 aliphatic heterocycles. The first-order valence-electron chi connectivity index (χ1n) is 6.69. The smallest absolute Gasteiger partial charge is 0.0643 e. The first-order chi connectivity index (χ1) is 10.2. The fourth-order valence-electron chi connectivity index (χ4n) is 2.27. The van der Waals surface area contributed by atoms with Crippen LogP contribution < -0.4 is 4.90 Å². The zero-order valence-electron chi connectivity index (χ0n) is 11.4. The molecule has 0 radical (unpaired) electrons. The molecule has 0 fully saturated rings. The van der Waals surface area contributed by atoms with Crippen LogP contribution in [0.5, 0.6) is 0 Å². The van der Waals surface area contributed by atoms with E-state index in [0.717, 1.165) is 11.4 Å². The van der Waals surface area contributed by atoms with E-state index in [1.165, 1.54) is 0 Å². The summed E-state index contributed by atoms with van der Waals surface area (Å²) in [5.74, 6) is 0. The van der Waals surface area contributed by atoms with Crippen LogP contribution in [-0.2, 0) is 0 Å². The molecule has 2 N–H and O–H groups in total. The first-order valence-corrected chi connectivity index (χ1v) is 7.44. The number of rotatable bonds is 6. The van der Waals surface area contributed by atoms with Gasteiger partial charge in [0.25, 0.3) is 0 Å². The Balaban J connectivity index is 2.54. The largest absolute Gasteiger partial charge is 0.396 e. The topological polar surface area (TPSA) is 43.7 Å². The van der Waals surface area contributed by atoms with Gasteiger partial charge in [0.1, 0.15) is 0 Å². The summed E-state index contributed by atoms with van der Waals surface area (Å²) >= 11 is 12.6. The van der Waals surface area contributed by atoms with Gasteiger partial charge in [0.15, 0.2) is 0 Å². The predicted molar refractivity (Wildman–Crippen MR) is 87.6 cm³/mol. The fourth-order valence-corrected chi connectivity index (χ4v) is 2.72. The molecule has 3 nitrogen and oxygen atoms in total. The Morgan fingerprint density at radius 3 is 1.71 bits per heavy atom. The average molecular weight is 326 g/mol. The second-order valence-corrected chi connectivity index (χ2v) is 5.44. The zero-order valence-corrected chi connectivity index (χ0v) is 12.9. The van der Waals surface area contributed by atoms with Crippen LogP contribution in [-0.4, -0.2) is 29.5 Å². The lowest BCUT2D eigenvalue weighted by molar-refractivity contribution is 0.220. The van der Waals surface area contributed by atoms with E-state index < -0.39 is 0 Å². The number of aliphatic hydroxyl groups excluding tert-OH is 2. The summed E-state index contributed by atoms with van der Waals surface area (Å²) in [4.78, 5) is 1.88. The number of aliphatic hydroxyl groups is 2. The molecule has 0 saturated carbocycles. The SMILES string of the molecule is OCCC(CO)N(c1ccccc1Cl)c1ccccc1Cl. The third-order valence-corrected chi connectivity index (χ3v) is 3.90. The second kappa shape index (κ2) is 7.66. The molecule has 21 heavy (non-hydrogen) atoms. The van der Waals surface area contributed by atoms with Gasteiger partial charge < -0.3 is 15.1 Å². The van der Waals surface area contributed by atoms with Crippen molar-refractivity contribution in [1.82, 2.24) is 0 Å². The number of nitrogens with zero attached hydrogens (tertiary/aromatic N) is 1. The van der Waals surface area contributed by atoms with E-state index >= 15 is 0 Å². The van der Waals surface area contributed by atoms with Crippen LogP contribution in [0.4, 0.5) is 11.4 Å². The number of benzene rings is 2. The third kappa shape index (κ3) is 3.69. The van der Waals surface area contributed by atoms with Crippen LogP contribution in [0, 0.1) is 0 Å². The van der Waals surface area contributed by atoms with E-state index in [0.29, 0.717) is 16.5 Å². The van der Waals surface area contributed by atoms with E-state index in [1.807, 2.05) is 41.3 Å². The number of anilines is 2. The van der Waals surface area contributed by atoms with E-state index in [9.17, 15) is 10.2 Å². The van der Waals surface area contributed by atoms with Crippen LogP contribution in [0.3, 0.4) is 0 Å². The van der Waals surface area contributed by atoms with Crippen molar-refractivity contribution in [2.45, 2.75) is 12.5 Å². The summed E-state index contributed by atoms with van der Waals surface area (Å²) in [6, 6.07) is 14.4. The highest BCUT2D eigenvalue weighted by Crippen LogP contribution is 2.37. The minimum Gasteiger partial charge on any atom is -0.396 e. The average Bonchev–Trinajstić information content (AvgIpc) is 2.50. The quantitative estimate of drug-likeness (QED) is 0.847. The molecule has 0 aliphatic carbocycles. The Bertz CT molecular complexity index is 546. The molecule has 0 aliphatic rings. The van der Waals surface area contributed by atoms with Gasteiger partial charge in [0.05, 0.1) is 34.1 Å². The molecule has 2 rings (SSSR count). The standard InChI is InChI=1S/C16H17Cl2NO2/c17-13-5-1-3-7-15(13)19(12(11-21)9-10-20)16-8-4-2-6-14(16)18/h1-8,12,20-21H,9-11H2. The van der Waals surface area contributed by atoms with Gasteiger partial charge in [-0.05, 0) is 30.7 Å². The number of hydrogen-bond donors (Lipinski definition) is 2. The summed E-state index contributed by atoms with van der Waals surface area (Å²) in [7, 11) is 0. The van der Waals surface area contributed by atoms with Crippen molar-refractivity contribution in [3.63, 3.8) is 0 Å². The lowest BCUT2D eigenvalue weighted by atomic mass is 10.1. The fraction of sp³-hybridized carbons (Fsp3) is 0.250. The molecule has 0 aromatic heterocycles. The third-order valence-electron chi connectivity index (χ3n) is 3.26. The Labute approximate surface area is 134 Å². The normalized spacial score (nSPS) is 12.2. The minimum absolute atomic E-state index is 0.0311. The molecular formula is C16H17Cl2NO2. The zero-order chi connectivity index (χ0) is 15.2. The molecule has 2 aromatic carbocycles. The Morgan fingerprint density at radius 2 is 1.33 bits per heavy atom. The van der Waals surface area contributed by atoms with Gasteiger partial charge in [-0.15, -0.1) is 0 Å². The molecule has 5 heteroatoms. The van der Waals surface area contributed by atoms with E-state index in [4.69, 9.17) is 23.2 Å². The van der Waals surface area contributed by atoms with Crippen molar-refractivity contribution in [1.29, 1.82) is 0 Å². The van der Waals surface area contributed by atoms with Crippen LogP contribution in [0.15, 0.2) is 48.5 Å². The van der Waals surface area contributed by atoms with Gasteiger partial charge >= 0.3 is 0 Å². The molecular weight excluding hydrogens is 309 g/mol. The molecule has 2 aromatic rings. The van der Waals surface area contributed by atoms with Gasteiger partial charge in [-0.25, -0.2) is 0 Å². The Kier molecular flexibility index (Phi) is 5.88. The summed E-state index contributed by atoms with van der Waals surface area (Å²) in [5, 5.41) is 20.1. The van der Waals surface area contributed by atoms with Crippen molar-refractivity contribution in [3.8, 4) is 0 Å². The molecule has 0 bridgehead atoms. The highest BCUT2D eigenvalue weighted by atomic mass is 35.5. The number of hydrogen-bond acceptors (Lipinski definition) is 3. The van der Waals surface area contributed by atoms with Crippen LogP contribution in [0.25, 0.3) is 0 Å². The maximum absolute atomic E-state index is 9.69. The Morgan fingerprint density at radius 1 is 0.857 bits per heavy atom. The summed E-state index contributed by atoms with van der Waals surface area (Å²) in [6.07, 6.45) is 0.410. The van der Waals surface area contributed by atoms with Crippen LogP contribution in [0.1, 0.15) is 6.42 Å². The van der Waals surface area contributed by atoms with Gasteiger partial charge in [-0.3, -0.25) is 0 Å². The summed E-state index contributed by atoms with van der Waals surface area (Å²) in [6.45, 7) is -0.145. The summed E-state index contributed by atoms with van der Waals surface area (Å²) in [5.41, 5.74) is 1.50. The minimum atomic E-state index is -0.310. The molecule has 1 atom stereocenters. The van der Waals surface area contributed by atoms with E-state index in [-0.39, 0.29) is 19.3 Å². The summed E-state index contributed by atoms with van der Waals surface area (Å²) < 4.78 is 0. The van der Waals surface area contributed by atoms with Crippen molar-refractivity contribution < 1.29 is 10.2 Å². The van der Waals surface area contributed by atoms with E-state index in [1.54, 1.807) is 12.1 Å². The van der Waals surface area contributed by atoms with Gasteiger partial charge in [-0.2, -0.15) is 0 Å². The predicted octanol–water partition coefficient (Wildman–Crippen LogP) is 3.87. The van der Waals surface area contributed by atoms with Gasteiger partial charge in [0.2, 0.25) is 0 Å². The second-order valence-electron chi connectivity index (χ2n) is 4.62. The van der Waals surface area contributed by atoms with Crippen molar-refractivity contribution >= 4 is 34.6 Å². The highest BCUT2D eigenvalue weighted by Gasteiger charge is 2.23. The van der Waals surface area contributed by atoms with Gasteiger partial charge in [0, 0.05) is 6.61 Å². The Hall–Kier alpha value is -1.26. The molecule has 0 saturated heterocycles. The molecule has 0 heterocycles. The van der Waals surface area contributed by atoms with Crippen molar-refractivity contribution in [2.75, 3.05) is 18.1 Å². The molecule has 1 unspecified atom stereocenters.